The number of rotatable bonds is 8. The molecular formula is C26H26ClN3O6S. The largest absolute Gasteiger partial charge is 0.462 e. The number of hydrogen-bond donors (Lipinski definition) is 1. The van der Waals surface area contributed by atoms with Crippen molar-refractivity contribution in [2.75, 3.05) is 49.7 Å². The second-order valence-electron chi connectivity index (χ2n) is 8.34. The summed E-state index contributed by atoms with van der Waals surface area (Å²) in [5, 5.41) is 2.25. The maximum atomic E-state index is 12.8. The van der Waals surface area contributed by atoms with Crippen molar-refractivity contribution in [3.05, 3.63) is 63.5 Å². The summed E-state index contributed by atoms with van der Waals surface area (Å²) in [5.41, 5.74) is 2.24. The van der Waals surface area contributed by atoms with Crippen LogP contribution in [0.2, 0.25) is 5.02 Å². The maximum absolute atomic E-state index is 12.8. The molecule has 3 amide bonds. The number of carbonyl (C=O) groups excluding carboxylic acids is 4. The van der Waals surface area contributed by atoms with Gasteiger partial charge < -0.3 is 19.7 Å². The van der Waals surface area contributed by atoms with E-state index in [0.717, 1.165) is 41.0 Å². The number of hydrogen-bond acceptors (Lipinski definition) is 8. The maximum Gasteiger partial charge on any atom is 0.339 e. The second-order valence-corrected chi connectivity index (χ2v) is 9.74. The van der Waals surface area contributed by atoms with Crippen LogP contribution in [0.3, 0.4) is 0 Å². The first kappa shape index (κ1) is 26.7. The zero-order valence-corrected chi connectivity index (χ0v) is 21.8. The molecule has 2 aliphatic heterocycles. The van der Waals surface area contributed by atoms with Crippen LogP contribution < -0.4 is 10.2 Å². The predicted molar refractivity (Wildman–Crippen MR) is 143 cm³/mol. The quantitative estimate of drug-likeness (QED) is 0.385. The van der Waals surface area contributed by atoms with Gasteiger partial charge in [0.15, 0.2) is 0 Å². The highest BCUT2D eigenvalue weighted by Gasteiger charge is 2.36. The van der Waals surface area contributed by atoms with E-state index in [4.69, 9.17) is 21.1 Å². The third kappa shape index (κ3) is 6.71. The molecule has 2 saturated heterocycles. The number of esters is 1. The fourth-order valence-electron chi connectivity index (χ4n) is 3.77. The molecule has 194 valence electrons. The average Bonchev–Trinajstić information content (AvgIpc) is 3.16. The van der Waals surface area contributed by atoms with Crippen molar-refractivity contribution in [2.45, 2.75) is 13.3 Å². The van der Waals surface area contributed by atoms with Gasteiger partial charge in [-0.25, -0.2) is 4.79 Å². The number of halogens is 1. The summed E-state index contributed by atoms with van der Waals surface area (Å²) in [7, 11) is 0. The number of anilines is 2. The van der Waals surface area contributed by atoms with E-state index >= 15 is 0 Å². The standard InChI is InChI=1S/C26H26ClN3O6S/c1-2-11-36-25(33)20-15-18(5-8-21(20)27)28-23(31)16-30-24(32)22(37-26(30)34)14-17-3-6-19(7-4-17)29-9-12-35-13-10-29/h3-8,14-15H,2,9-13,16H2,1H3,(H,28,31)/b22-14+. The Kier molecular flexibility index (Phi) is 8.86. The molecule has 4 rings (SSSR count). The van der Waals surface area contributed by atoms with E-state index in [0.29, 0.717) is 25.3 Å². The summed E-state index contributed by atoms with van der Waals surface area (Å²) in [6.07, 6.45) is 2.30. The van der Waals surface area contributed by atoms with Crippen LogP contribution in [-0.2, 0) is 19.1 Å². The SMILES string of the molecule is CCCOC(=O)c1cc(NC(=O)CN2C(=O)S/C(=C/c3ccc(N4CCOCC4)cc3)C2=O)ccc1Cl. The number of imide groups is 1. The molecular weight excluding hydrogens is 518 g/mol. The average molecular weight is 544 g/mol. The van der Waals surface area contributed by atoms with Crippen LogP contribution in [0.4, 0.5) is 16.2 Å². The van der Waals surface area contributed by atoms with Gasteiger partial charge in [-0.1, -0.05) is 30.7 Å². The molecule has 37 heavy (non-hydrogen) atoms. The third-order valence-electron chi connectivity index (χ3n) is 5.65. The number of ether oxygens (including phenoxy) is 2. The number of benzene rings is 2. The van der Waals surface area contributed by atoms with Gasteiger partial charge in [0, 0.05) is 24.5 Å². The van der Waals surface area contributed by atoms with E-state index in [9.17, 15) is 19.2 Å². The first-order valence-corrected chi connectivity index (χ1v) is 13.0. The van der Waals surface area contributed by atoms with Crippen molar-refractivity contribution < 1.29 is 28.7 Å². The van der Waals surface area contributed by atoms with Crippen molar-refractivity contribution in [3.8, 4) is 0 Å². The fourth-order valence-corrected chi connectivity index (χ4v) is 4.80. The highest BCUT2D eigenvalue weighted by Crippen LogP contribution is 2.32. The molecule has 0 aromatic heterocycles. The normalized spacial score (nSPS) is 16.9. The Morgan fingerprint density at radius 1 is 1.14 bits per heavy atom. The van der Waals surface area contributed by atoms with Gasteiger partial charge in [-0.15, -0.1) is 0 Å². The van der Waals surface area contributed by atoms with Gasteiger partial charge >= 0.3 is 5.97 Å². The molecule has 2 aliphatic rings. The second kappa shape index (κ2) is 12.3. The molecule has 2 fully saturated rings. The first-order valence-electron chi connectivity index (χ1n) is 11.8. The van der Waals surface area contributed by atoms with Crippen LogP contribution in [0.15, 0.2) is 47.4 Å². The molecule has 0 radical (unpaired) electrons. The van der Waals surface area contributed by atoms with E-state index in [2.05, 4.69) is 10.2 Å². The molecule has 2 aromatic carbocycles. The Balaban J connectivity index is 1.38. The first-order chi connectivity index (χ1) is 17.9. The lowest BCUT2D eigenvalue weighted by molar-refractivity contribution is -0.127. The van der Waals surface area contributed by atoms with Crippen LogP contribution in [0.25, 0.3) is 6.08 Å². The van der Waals surface area contributed by atoms with Crippen LogP contribution in [0.5, 0.6) is 0 Å². The minimum Gasteiger partial charge on any atom is -0.462 e. The van der Waals surface area contributed by atoms with Crippen molar-refractivity contribution in [3.63, 3.8) is 0 Å². The molecule has 0 atom stereocenters. The lowest BCUT2D eigenvalue weighted by Crippen LogP contribution is -2.36. The number of morpholine rings is 1. The van der Waals surface area contributed by atoms with Crippen LogP contribution >= 0.6 is 23.4 Å². The Hall–Kier alpha value is -3.34. The third-order valence-corrected chi connectivity index (χ3v) is 6.89. The van der Waals surface area contributed by atoms with Gasteiger partial charge in [-0.05, 0) is 60.2 Å². The van der Waals surface area contributed by atoms with Crippen molar-refractivity contribution in [2.24, 2.45) is 0 Å². The molecule has 2 aromatic rings. The van der Waals surface area contributed by atoms with Crippen molar-refractivity contribution >= 4 is 63.8 Å². The van der Waals surface area contributed by atoms with Crippen molar-refractivity contribution in [1.82, 2.24) is 4.90 Å². The van der Waals surface area contributed by atoms with Gasteiger partial charge in [-0.3, -0.25) is 19.3 Å². The molecule has 0 aliphatic carbocycles. The number of nitrogens with zero attached hydrogens (tertiary/aromatic N) is 2. The van der Waals surface area contributed by atoms with Crippen LogP contribution in [0.1, 0.15) is 29.3 Å². The fraction of sp³-hybridized carbons (Fsp3) is 0.308. The van der Waals surface area contributed by atoms with E-state index in [1.54, 1.807) is 6.08 Å². The molecule has 11 heteroatoms. The highest BCUT2D eigenvalue weighted by molar-refractivity contribution is 8.18. The number of thioether (sulfide) groups is 1. The topological polar surface area (TPSA) is 105 Å². The van der Waals surface area contributed by atoms with E-state index < -0.39 is 29.6 Å². The summed E-state index contributed by atoms with van der Waals surface area (Å²) in [6.45, 7) is 4.67. The minimum absolute atomic E-state index is 0.113. The number of nitrogens with one attached hydrogen (secondary N) is 1. The summed E-state index contributed by atoms with van der Waals surface area (Å²) in [4.78, 5) is 53.4. The Labute approximate surface area is 223 Å². The van der Waals surface area contributed by atoms with Gasteiger partial charge in [0.25, 0.3) is 11.1 Å². The lowest BCUT2D eigenvalue weighted by atomic mass is 10.1. The van der Waals surface area contributed by atoms with E-state index in [1.165, 1.54) is 18.2 Å². The zero-order valence-electron chi connectivity index (χ0n) is 20.2. The summed E-state index contributed by atoms with van der Waals surface area (Å²) in [5.74, 6) is -1.73. The summed E-state index contributed by atoms with van der Waals surface area (Å²) >= 11 is 6.87. The Morgan fingerprint density at radius 2 is 1.86 bits per heavy atom. The molecule has 9 nitrogen and oxygen atoms in total. The molecule has 2 heterocycles. The molecule has 0 spiro atoms. The zero-order chi connectivity index (χ0) is 26.4. The molecule has 0 bridgehead atoms. The van der Waals surface area contributed by atoms with Crippen LogP contribution in [-0.4, -0.2) is 67.4 Å². The number of amides is 3. The summed E-state index contributed by atoms with van der Waals surface area (Å²) in [6, 6.07) is 12.1. The van der Waals surface area contributed by atoms with E-state index in [-0.39, 0.29) is 22.1 Å². The van der Waals surface area contributed by atoms with Gasteiger partial charge in [0.05, 0.1) is 35.3 Å². The molecule has 0 unspecified atom stereocenters. The smallest absolute Gasteiger partial charge is 0.339 e. The predicted octanol–water partition coefficient (Wildman–Crippen LogP) is 4.42. The molecule has 0 saturated carbocycles. The minimum atomic E-state index is -0.600. The monoisotopic (exact) mass is 543 g/mol. The van der Waals surface area contributed by atoms with Crippen molar-refractivity contribution in [1.29, 1.82) is 0 Å². The lowest BCUT2D eigenvalue weighted by Gasteiger charge is -2.28. The number of carbonyl (C=O) groups is 4. The van der Waals surface area contributed by atoms with Gasteiger partial charge in [0.1, 0.15) is 6.54 Å². The highest BCUT2D eigenvalue weighted by atomic mass is 35.5. The Morgan fingerprint density at radius 3 is 2.57 bits per heavy atom. The van der Waals surface area contributed by atoms with E-state index in [1.807, 2.05) is 31.2 Å². The molecule has 1 N–H and O–H groups in total. The summed E-state index contributed by atoms with van der Waals surface area (Å²) < 4.78 is 10.5. The van der Waals surface area contributed by atoms with Crippen LogP contribution in [0, 0.1) is 0 Å². The Bertz CT molecular complexity index is 1230. The van der Waals surface area contributed by atoms with Gasteiger partial charge in [-0.2, -0.15) is 0 Å². The van der Waals surface area contributed by atoms with Gasteiger partial charge in [0.2, 0.25) is 5.91 Å².